The van der Waals surface area contributed by atoms with Gasteiger partial charge in [0, 0.05) is 16.8 Å². The molecule has 0 saturated heterocycles. The van der Waals surface area contributed by atoms with Gasteiger partial charge in [0.15, 0.2) is 0 Å². The highest BCUT2D eigenvalue weighted by atomic mass is 16.1. The maximum Gasteiger partial charge on any atom is 0.209 e. The van der Waals surface area contributed by atoms with Gasteiger partial charge in [0.25, 0.3) is 0 Å². The number of aromatic nitrogens is 1. The van der Waals surface area contributed by atoms with E-state index in [0.29, 0.717) is 11.3 Å². The first-order valence-corrected chi connectivity index (χ1v) is 14.1. The normalized spacial score (nSPS) is 11.0. The minimum absolute atomic E-state index is 0.0165. The Kier molecular flexibility index (Phi) is 6.99. The van der Waals surface area contributed by atoms with Gasteiger partial charge in [0.1, 0.15) is 0 Å². The summed E-state index contributed by atoms with van der Waals surface area (Å²) in [7, 11) is 0. The smallest absolute Gasteiger partial charge is 0.209 e. The molecule has 0 unspecified atom stereocenters. The summed E-state index contributed by atoms with van der Waals surface area (Å²) in [5.74, 6) is -0.0165. The van der Waals surface area contributed by atoms with Crippen molar-refractivity contribution in [1.29, 1.82) is 0 Å². The zero-order chi connectivity index (χ0) is 28.5. The van der Waals surface area contributed by atoms with Crippen LogP contribution >= 0.6 is 0 Å². The van der Waals surface area contributed by atoms with Crippen molar-refractivity contribution in [1.82, 2.24) is 4.98 Å². The lowest BCUT2D eigenvalue weighted by atomic mass is 9.95. The minimum Gasteiger partial charge on any atom is -0.351 e. The van der Waals surface area contributed by atoms with Crippen LogP contribution in [0, 0.1) is 27.7 Å². The van der Waals surface area contributed by atoms with E-state index in [1.807, 2.05) is 30.3 Å². The molecule has 1 N–H and O–H groups in total. The van der Waals surface area contributed by atoms with Crippen molar-refractivity contribution in [2.24, 2.45) is 0 Å². The van der Waals surface area contributed by atoms with Gasteiger partial charge in [-0.2, -0.15) is 0 Å². The van der Waals surface area contributed by atoms with Crippen LogP contribution in [0.5, 0.6) is 0 Å². The summed E-state index contributed by atoms with van der Waals surface area (Å²) in [6, 6.07) is 41.8. The molecule has 200 valence electrons. The van der Waals surface area contributed by atoms with Gasteiger partial charge in [-0.25, -0.2) is 0 Å². The molecule has 0 fully saturated rings. The highest BCUT2D eigenvalue weighted by Gasteiger charge is 2.19. The number of nitrogens with one attached hydrogen (secondary N) is 1. The van der Waals surface area contributed by atoms with Gasteiger partial charge in [-0.15, -0.1) is 0 Å². The average Bonchev–Trinajstić information content (AvgIpc) is 3.43. The monoisotopic (exact) mass is 531 g/mol. The molecule has 2 nitrogen and oxygen atoms in total. The van der Waals surface area contributed by atoms with E-state index in [4.69, 9.17) is 0 Å². The van der Waals surface area contributed by atoms with Gasteiger partial charge in [0.2, 0.25) is 5.78 Å². The Morgan fingerprint density at radius 2 is 0.951 bits per heavy atom. The number of benzene rings is 5. The van der Waals surface area contributed by atoms with Crippen LogP contribution in [0.25, 0.3) is 44.6 Å². The average molecular weight is 532 g/mol. The fraction of sp³-hybridized carbons (Fsp3) is 0.103. The fourth-order valence-corrected chi connectivity index (χ4v) is 5.68. The van der Waals surface area contributed by atoms with E-state index in [-0.39, 0.29) is 5.78 Å². The molecule has 0 saturated carbocycles. The van der Waals surface area contributed by atoms with Crippen molar-refractivity contribution in [3.63, 3.8) is 0 Å². The Labute approximate surface area is 242 Å². The maximum absolute atomic E-state index is 13.7. The summed E-state index contributed by atoms with van der Waals surface area (Å²) in [5.41, 5.74) is 15.0. The standard InChI is InChI=1S/C39H33NO/c1-25-10-20-34(27(3)22-25)29-12-14-31(15-13-29)36-24-37(40-38(36)39(41)33-8-6-5-7-9-33)32-18-16-30(17-19-32)35-21-11-26(2)23-28(35)4/h5-24,40H,1-4H3. The van der Waals surface area contributed by atoms with Crippen LogP contribution in [0.2, 0.25) is 0 Å². The molecule has 6 rings (SSSR count). The number of aromatic amines is 1. The molecule has 0 aliphatic rings. The number of H-pyrrole nitrogens is 1. The molecule has 6 aromatic rings. The summed E-state index contributed by atoms with van der Waals surface area (Å²) in [4.78, 5) is 17.2. The third-order valence-electron chi connectivity index (χ3n) is 7.86. The van der Waals surface area contributed by atoms with E-state index in [1.165, 1.54) is 44.5 Å². The maximum atomic E-state index is 13.7. The molecule has 0 bridgehead atoms. The number of hydrogen-bond donors (Lipinski definition) is 1. The third-order valence-corrected chi connectivity index (χ3v) is 7.86. The second-order valence-electron chi connectivity index (χ2n) is 11.0. The van der Waals surface area contributed by atoms with Crippen molar-refractivity contribution < 1.29 is 4.79 Å². The van der Waals surface area contributed by atoms with Crippen LogP contribution in [-0.4, -0.2) is 10.8 Å². The number of carbonyl (C=O) groups is 1. The van der Waals surface area contributed by atoms with Crippen LogP contribution in [-0.2, 0) is 0 Å². The van der Waals surface area contributed by atoms with Gasteiger partial charge in [0.05, 0.1) is 5.69 Å². The topological polar surface area (TPSA) is 32.9 Å². The molecule has 0 atom stereocenters. The molecule has 1 heterocycles. The Balaban J connectivity index is 1.40. The zero-order valence-corrected chi connectivity index (χ0v) is 24.0. The largest absolute Gasteiger partial charge is 0.351 e. The summed E-state index contributed by atoms with van der Waals surface area (Å²) in [6.45, 7) is 8.54. The number of carbonyl (C=O) groups excluding carboxylic acids is 1. The molecule has 0 amide bonds. The van der Waals surface area contributed by atoms with Gasteiger partial charge in [-0.05, 0) is 78.3 Å². The van der Waals surface area contributed by atoms with Crippen molar-refractivity contribution in [2.45, 2.75) is 27.7 Å². The van der Waals surface area contributed by atoms with E-state index in [2.05, 4.69) is 124 Å². The molecule has 5 aromatic carbocycles. The number of hydrogen-bond acceptors (Lipinski definition) is 1. The van der Waals surface area contributed by atoms with Crippen LogP contribution < -0.4 is 0 Å². The SMILES string of the molecule is Cc1ccc(-c2ccc(-c3cc(-c4ccc(-c5ccc(C)cc5C)cc4)c(C(=O)c4ccccc4)[nH]3)cc2)c(C)c1. The second-order valence-corrected chi connectivity index (χ2v) is 11.0. The predicted molar refractivity (Wildman–Crippen MR) is 171 cm³/mol. The first-order valence-electron chi connectivity index (χ1n) is 14.1. The molecular weight excluding hydrogens is 498 g/mol. The van der Waals surface area contributed by atoms with Gasteiger partial charge < -0.3 is 4.98 Å². The predicted octanol–water partition coefficient (Wildman–Crippen LogP) is 10.1. The Bertz CT molecular complexity index is 1860. The lowest BCUT2D eigenvalue weighted by Crippen LogP contribution is -2.03. The third kappa shape index (κ3) is 5.29. The van der Waals surface area contributed by atoms with Crippen molar-refractivity contribution in [3.05, 3.63) is 155 Å². The number of ketones is 1. The van der Waals surface area contributed by atoms with Gasteiger partial charge in [-0.1, -0.05) is 126 Å². The number of aryl methyl sites for hydroxylation is 4. The van der Waals surface area contributed by atoms with Crippen molar-refractivity contribution in [2.75, 3.05) is 0 Å². The molecule has 1 aromatic heterocycles. The quantitative estimate of drug-likeness (QED) is 0.213. The molecular formula is C39H33NO. The van der Waals surface area contributed by atoms with Crippen molar-refractivity contribution in [3.8, 4) is 44.6 Å². The molecule has 0 aliphatic carbocycles. The summed E-state index contributed by atoms with van der Waals surface area (Å²) >= 11 is 0. The Morgan fingerprint density at radius 1 is 0.488 bits per heavy atom. The lowest BCUT2D eigenvalue weighted by molar-refractivity contribution is 0.103. The van der Waals surface area contributed by atoms with Gasteiger partial charge >= 0.3 is 0 Å². The van der Waals surface area contributed by atoms with Gasteiger partial charge in [-0.3, -0.25) is 4.79 Å². The highest BCUT2D eigenvalue weighted by molar-refractivity contribution is 6.12. The van der Waals surface area contributed by atoms with E-state index in [0.717, 1.165) is 22.4 Å². The van der Waals surface area contributed by atoms with E-state index in [1.54, 1.807) is 0 Å². The Hall–Kier alpha value is -4.95. The zero-order valence-electron chi connectivity index (χ0n) is 24.0. The van der Waals surface area contributed by atoms with Crippen molar-refractivity contribution >= 4 is 5.78 Å². The fourth-order valence-electron chi connectivity index (χ4n) is 5.68. The summed E-state index contributed by atoms with van der Waals surface area (Å²) in [6.07, 6.45) is 0. The highest BCUT2D eigenvalue weighted by Crippen LogP contribution is 2.34. The first-order chi connectivity index (χ1) is 19.9. The molecule has 41 heavy (non-hydrogen) atoms. The van der Waals surface area contributed by atoms with Crippen LogP contribution in [0.4, 0.5) is 0 Å². The lowest BCUT2D eigenvalue weighted by Gasteiger charge is -2.09. The summed E-state index contributed by atoms with van der Waals surface area (Å²) in [5, 5.41) is 0. The number of rotatable bonds is 6. The Morgan fingerprint density at radius 3 is 1.44 bits per heavy atom. The molecule has 0 spiro atoms. The molecule has 0 aliphatic heterocycles. The summed E-state index contributed by atoms with van der Waals surface area (Å²) < 4.78 is 0. The van der Waals surface area contributed by atoms with Crippen LogP contribution in [0.1, 0.15) is 38.3 Å². The first kappa shape index (κ1) is 26.3. The minimum atomic E-state index is -0.0165. The van der Waals surface area contributed by atoms with E-state index in [9.17, 15) is 4.79 Å². The van der Waals surface area contributed by atoms with E-state index >= 15 is 0 Å². The molecule has 2 heteroatoms. The molecule has 0 radical (unpaired) electrons. The van der Waals surface area contributed by atoms with Crippen LogP contribution in [0.15, 0.2) is 121 Å². The van der Waals surface area contributed by atoms with E-state index < -0.39 is 0 Å². The second kappa shape index (κ2) is 10.9. The van der Waals surface area contributed by atoms with Crippen LogP contribution in [0.3, 0.4) is 0 Å².